The van der Waals surface area contributed by atoms with Crippen molar-refractivity contribution < 1.29 is 4.74 Å². The topological polar surface area (TPSA) is 74.1 Å². The summed E-state index contributed by atoms with van der Waals surface area (Å²) in [6.07, 6.45) is 3.85. The number of rotatable bonds is 4. The number of nitrogens with zero attached hydrogens (tertiary/aromatic N) is 4. The summed E-state index contributed by atoms with van der Waals surface area (Å²) < 4.78 is 6.19. The van der Waals surface area contributed by atoms with Crippen molar-refractivity contribution in [3.8, 4) is 6.07 Å². The average Bonchev–Trinajstić information content (AvgIpc) is 3.22. The van der Waals surface area contributed by atoms with Gasteiger partial charge in [-0.1, -0.05) is 12.1 Å². The van der Waals surface area contributed by atoms with Crippen LogP contribution in [0.25, 0.3) is 0 Å². The third kappa shape index (κ3) is 3.63. The van der Waals surface area contributed by atoms with Gasteiger partial charge in [0, 0.05) is 32.3 Å². The minimum atomic E-state index is -0.0702. The first-order valence-electron chi connectivity index (χ1n) is 8.65. The quantitative estimate of drug-likeness (QED) is 0.923. The van der Waals surface area contributed by atoms with Gasteiger partial charge in [-0.3, -0.25) is 9.88 Å². The molecule has 0 aliphatic carbocycles. The summed E-state index contributed by atoms with van der Waals surface area (Å²) in [7, 11) is 0. The van der Waals surface area contributed by atoms with E-state index in [-0.39, 0.29) is 11.6 Å². The molecular formula is C19H21N5O. The molecule has 0 saturated carbocycles. The molecule has 0 unspecified atom stereocenters. The predicted molar refractivity (Wildman–Crippen MR) is 93.8 cm³/mol. The molecule has 4 heterocycles. The molecule has 4 rings (SSSR count). The monoisotopic (exact) mass is 335 g/mol. The van der Waals surface area contributed by atoms with Crippen molar-refractivity contribution in [1.29, 1.82) is 5.26 Å². The minimum Gasteiger partial charge on any atom is -0.371 e. The van der Waals surface area contributed by atoms with Gasteiger partial charge in [-0.2, -0.15) is 5.26 Å². The molecule has 0 radical (unpaired) electrons. The molecule has 2 aromatic heterocycles. The molecule has 1 N–H and O–H groups in total. The van der Waals surface area contributed by atoms with Crippen LogP contribution in [0.15, 0.2) is 42.6 Å². The zero-order valence-corrected chi connectivity index (χ0v) is 14.1. The van der Waals surface area contributed by atoms with Crippen LogP contribution in [0.5, 0.6) is 0 Å². The summed E-state index contributed by atoms with van der Waals surface area (Å²) in [4.78, 5) is 11.1. The van der Waals surface area contributed by atoms with E-state index in [1.54, 1.807) is 6.07 Å². The maximum Gasteiger partial charge on any atom is 0.142 e. The van der Waals surface area contributed by atoms with Crippen LogP contribution in [-0.4, -0.2) is 46.2 Å². The lowest BCUT2D eigenvalue weighted by Crippen LogP contribution is -2.33. The molecule has 25 heavy (non-hydrogen) atoms. The lowest BCUT2D eigenvalue weighted by atomic mass is 9.97. The van der Waals surface area contributed by atoms with Gasteiger partial charge in [0.05, 0.1) is 23.9 Å². The number of aromatic nitrogens is 2. The smallest absolute Gasteiger partial charge is 0.142 e. The Hall–Kier alpha value is -2.49. The van der Waals surface area contributed by atoms with Crippen LogP contribution >= 0.6 is 0 Å². The maximum absolute atomic E-state index is 8.97. The lowest BCUT2D eigenvalue weighted by molar-refractivity contribution is 0.0119. The van der Waals surface area contributed by atoms with Crippen molar-refractivity contribution in [2.24, 2.45) is 0 Å². The molecule has 128 valence electrons. The molecule has 2 aliphatic rings. The molecule has 2 saturated heterocycles. The van der Waals surface area contributed by atoms with Gasteiger partial charge >= 0.3 is 0 Å². The molecule has 0 bridgehead atoms. The van der Waals surface area contributed by atoms with E-state index >= 15 is 0 Å². The van der Waals surface area contributed by atoms with E-state index in [4.69, 9.17) is 10.00 Å². The molecule has 6 nitrogen and oxygen atoms in total. The largest absolute Gasteiger partial charge is 0.371 e. The summed E-state index contributed by atoms with van der Waals surface area (Å²) >= 11 is 0. The van der Waals surface area contributed by atoms with Crippen molar-refractivity contribution >= 4 is 5.82 Å². The second-order valence-electron chi connectivity index (χ2n) is 6.84. The Bertz CT molecular complexity index is 775. The van der Waals surface area contributed by atoms with Crippen molar-refractivity contribution in [2.75, 3.05) is 25.0 Å². The summed E-state index contributed by atoms with van der Waals surface area (Å²) in [6, 6.07) is 13.8. The van der Waals surface area contributed by atoms with Gasteiger partial charge in [0.25, 0.3) is 0 Å². The van der Waals surface area contributed by atoms with Crippen molar-refractivity contribution in [2.45, 2.75) is 31.0 Å². The Balaban J connectivity index is 1.35. The predicted octanol–water partition coefficient (Wildman–Crippen LogP) is 2.19. The number of anilines is 1. The first-order valence-corrected chi connectivity index (χ1v) is 8.65. The summed E-state index contributed by atoms with van der Waals surface area (Å²) in [5, 5.41) is 12.4. The molecule has 6 heteroatoms. The molecule has 1 spiro atoms. The number of ether oxygens (including phenoxy) is 1. The first kappa shape index (κ1) is 16.0. The van der Waals surface area contributed by atoms with Gasteiger partial charge in [0.15, 0.2) is 0 Å². The lowest BCUT2D eigenvalue weighted by Gasteiger charge is -2.23. The van der Waals surface area contributed by atoms with Crippen LogP contribution in [0.4, 0.5) is 5.82 Å². The zero-order chi connectivity index (χ0) is 17.1. The van der Waals surface area contributed by atoms with E-state index in [1.165, 1.54) is 0 Å². The van der Waals surface area contributed by atoms with Gasteiger partial charge < -0.3 is 10.1 Å². The Labute approximate surface area is 147 Å². The van der Waals surface area contributed by atoms with Crippen LogP contribution in [0.3, 0.4) is 0 Å². The number of nitrogens with one attached hydrogen (secondary N) is 1. The zero-order valence-electron chi connectivity index (χ0n) is 14.1. The fourth-order valence-corrected chi connectivity index (χ4v) is 3.79. The highest BCUT2D eigenvalue weighted by atomic mass is 16.5. The number of nitriles is 1. The van der Waals surface area contributed by atoms with Gasteiger partial charge in [0.2, 0.25) is 0 Å². The van der Waals surface area contributed by atoms with E-state index in [1.807, 2.05) is 30.5 Å². The van der Waals surface area contributed by atoms with Crippen molar-refractivity contribution in [3.63, 3.8) is 0 Å². The van der Waals surface area contributed by atoms with Crippen molar-refractivity contribution in [3.05, 3.63) is 54.0 Å². The first-order chi connectivity index (χ1) is 12.2. The standard InChI is InChI=1S/C19H21N5O/c20-11-15-5-3-6-18(22-15)23-17-10-19(25-13-17)7-9-24(14-19)12-16-4-1-2-8-21-16/h1-6,8,17H,7,9-10,12-14H2,(H,22,23)/t17-,19-/m1/s1. The molecule has 2 aliphatic heterocycles. The summed E-state index contributed by atoms with van der Waals surface area (Å²) in [5.41, 5.74) is 1.46. The fourth-order valence-electron chi connectivity index (χ4n) is 3.79. The second kappa shape index (κ2) is 6.79. The third-order valence-electron chi connectivity index (χ3n) is 4.93. The van der Waals surface area contributed by atoms with Gasteiger partial charge in [0.1, 0.15) is 17.6 Å². The summed E-state index contributed by atoms with van der Waals surface area (Å²) in [6.45, 7) is 3.52. The van der Waals surface area contributed by atoms with E-state index in [0.717, 1.165) is 44.0 Å². The van der Waals surface area contributed by atoms with E-state index in [0.29, 0.717) is 12.3 Å². The number of hydrogen-bond donors (Lipinski definition) is 1. The van der Waals surface area contributed by atoms with Gasteiger partial charge in [-0.05, 0) is 30.7 Å². The highest BCUT2D eigenvalue weighted by Gasteiger charge is 2.45. The van der Waals surface area contributed by atoms with Crippen LogP contribution < -0.4 is 5.32 Å². The molecule has 0 amide bonds. The van der Waals surface area contributed by atoms with Crippen LogP contribution in [0.1, 0.15) is 24.2 Å². The van der Waals surface area contributed by atoms with Crippen molar-refractivity contribution in [1.82, 2.24) is 14.9 Å². The maximum atomic E-state index is 8.97. The Morgan fingerprint density at radius 2 is 2.28 bits per heavy atom. The third-order valence-corrected chi connectivity index (χ3v) is 4.93. The number of likely N-dealkylation sites (tertiary alicyclic amines) is 1. The van der Waals surface area contributed by atoms with Crippen LogP contribution in [-0.2, 0) is 11.3 Å². The normalized spacial score (nSPS) is 26.0. The van der Waals surface area contributed by atoms with Gasteiger partial charge in [-0.25, -0.2) is 4.98 Å². The molecule has 2 aromatic rings. The van der Waals surface area contributed by atoms with E-state index in [2.05, 4.69) is 32.3 Å². The highest BCUT2D eigenvalue weighted by Crippen LogP contribution is 2.36. The number of hydrogen-bond acceptors (Lipinski definition) is 6. The van der Waals surface area contributed by atoms with E-state index < -0.39 is 0 Å². The summed E-state index contributed by atoms with van der Waals surface area (Å²) in [5.74, 6) is 0.744. The Morgan fingerprint density at radius 3 is 3.12 bits per heavy atom. The number of pyridine rings is 2. The Morgan fingerprint density at radius 1 is 1.32 bits per heavy atom. The Kier molecular flexibility index (Phi) is 4.35. The SMILES string of the molecule is N#Cc1cccc(N[C@H]2CO[C@]3(CCN(Cc4ccccn4)C3)C2)n1. The van der Waals surface area contributed by atoms with Crippen LogP contribution in [0.2, 0.25) is 0 Å². The van der Waals surface area contributed by atoms with Gasteiger partial charge in [-0.15, -0.1) is 0 Å². The molecular weight excluding hydrogens is 314 g/mol. The highest BCUT2D eigenvalue weighted by molar-refractivity contribution is 5.39. The average molecular weight is 335 g/mol. The molecule has 2 atom stereocenters. The molecule has 2 fully saturated rings. The molecule has 0 aromatic carbocycles. The van der Waals surface area contributed by atoms with Crippen LogP contribution in [0, 0.1) is 11.3 Å². The van der Waals surface area contributed by atoms with E-state index in [9.17, 15) is 0 Å². The second-order valence-corrected chi connectivity index (χ2v) is 6.84. The minimum absolute atomic E-state index is 0.0702. The fraction of sp³-hybridized carbons (Fsp3) is 0.421.